The average molecular weight is 428 g/mol. The number of carbonyl (C=O) groups excluding carboxylic acids is 1. The molecule has 1 amide bonds. The normalized spacial score (nSPS) is 14.2. The van der Waals surface area contributed by atoms with Gasteiger partial charge in [0, 0.05) is 4.88 Å². The smallest absolute Gasteiger partial charge is 0.262 e. The number of fused-ring (bicyclic) bond motifs is 2. The highest BCUT2D eigenvalue weighted by atomic mass is 32.1. The molecule has 0 spiro atoms. The lowest BCUT2D eigenvalue weighted by Crippen LogP contribution is -2.36. The molecule has 8 heteroatoms. The van der Waals surface area contributed by atoms with E-state index in [1.54, 1.807) is 0 Å². The van der Waals surface area contributed by atoms with Gasteiger partial charge >= 0.3 is 0 Å². The Morgan fingerprint density at radius 3 is 2.70 bits per heavy atom. The summed E-state index contributed by atoms with van der Waals surface area (Å²) < 4.78 is 12.6. The topological polar surface area (TPSA) is 82.5 Å². The van der Waals surface area contributed by atoms with Gasteiger partial charge in [0.05, 0.1) is 17.8 Å². The highest BCUT2D eigenvalue weighted by Gasteiger charge is 2.22. The van der Waals surface area contributed by atoms with Gasteiger partial charge in [-0.1, -0.05) is 19.9 Å². The third-order valence-corrected chi connectivity index (χ3v) is 6.49. The Bertz CT molecular complexity index is 1170. The van der Waals surface area contributed by atoms with Crippen molar-refractivity contribution >= 4 is 27.5 Å². The summed E-state index contributed by atoms with van der Waals surface area (Å²) in [5.41, 5.74) is 1.68. The maximum atomic E-state index is 12.9. The lowest BCUT2D eigenvalue weighted by Gasteiger charge is -2.25. The van der Waals surface area contributed by atoms with E-state index in [0.29, 0.717) is 34.9 Å². The van der Waals surface area contributed by atoms with E-state index < -0.39 is 0 Å². The highest BCUT2D eigenvalue weighted by molar-refractivity contribution is 7.18. The molecule has 30 heavy (non-hydrogen) atoms. The van der Waals surface area contributed by atoms with Crippen LogP contribution in [-0.4, -0.2) is 28.7 Å². The van der Waals surface area contributed by atoms with Crippen LogP contribution in [0.3, 0.4) is 0 Å². The van der Waals surface area contributed by atoms with Crippen LogP contribution in [0.5, 0.6) is 11.5 Å². The standard InChI is InChI=1S/C22H25N3O4S/c1-12(2)20(15-5-6-16-17(9-15)29-8-7-28-16)24-18(26)10-25-11-23-21-19(22(25)27)13(3)14(4)30-21/h5-6,9,11-12,20H,7-8,10H2,1-4H3,(H,24,26). The van der Waals surface area contributed by atoms with Gasteiger partial charge in [-0.25, -0.2) is 4.98 Å². The molecule has 4 rings (SSSR count). The summed E-state index contributed by atoms with van der Waals surface area (Å²) in [6.45, 7) is 8.93. The zero-order valence-electron chi connectivity index (χ0n) is 17.5. The SMILES string of the molecule is Cc1sc2ncn(CC(=O)NC(c3ccc4c(c3)OCCO4)C(C)C)c(=O)c2c1C. The molecule has 0 fully saturated rings. The van der Waals surface area contributed by atoms with Crippen LogP contribution in [0.1, 0.15) is 35.9 Å². The van der Waals surface area contributed by atoms with Gasteiger partial charge in [0.1, 0.15) is 24.6 Å². The number of thiophene rings is 1. The zero-order valence-corrected chi connectivity index (χ0v) is 18.3. The number of hydrogen-bond acceptors (Lipinski definition) is 6. The number of benzene rings is 1. The minimum atomic E-state index is -0.239. The highest BCUT2D eigenvalue weighted by Crippen LogP contribution is 2.34. The Morgan fingerprint density at radius 2 is 1.97 bits per heavy atom. The van der Waals surface area contributed by atoms with E-state index in [4.69, 9.17) is 9.47 Å². The molecule has 3 aromatic rings. The lowest BCUT2D eigenvalue weighted by atomic mass is 9.95. The largest absolute Gasteiger partial charge is 0.486 e. The quantitative estimate of drug-likeness (QED) is 0.675. The molecular weight excluding hydrogens is 402 g/mol. The molecule has 1 atom stereocenters. The minimum absolute atomic E-state index is 0.0795. The monoisotopic (exact) mass is 427 g/mol. The predicted molar refractivity (Wildman–Crippen MR) is 117 cm³/mol. The first-order valence-electron chi connectivity index (χ1n) is 9.99. The molecule has 0 aliphatic carbocycles. The fourth-order valence-electron chi connectivity index (χ4n) is 3.64. The lowest BCUT2D eigenvalue weighted by molar-refractivity contribution is -0.122. The number of nitrogens with one attached hydrogen (secondary N) is 1. The Kier molecular flexibility index (Phi) is 5.51. The Labute approximate surface area is 178 Å². The number of aromatic nitrogens is 2. The van der Waals surface area contributed by atoms with Crippen LogP contribution in [0.4, 0.5) is 0 Å². The molecule has 3 heterocycles. The van der Waals surface area contributed by atoms with Crippen molar-refractivity contribution in [2.24, 2.45) is 5.92 Å². The summed E-state index contributed by atoms with van der Waals surface area (Å²) >= 11 is 1.50. The van der Waals surface area contributed by atoms with Crippen molar-refractivity contribution in [3.63, 3.8) is 0 Å². The Morgan fingerprint density at radius 1 is 1.23 bits per heavy atom. The van der Waals surface area contributed by atoms with Crippen LogP contribution in [0.15, 0.2) is 29.3 Å². The van der Waals surface area contributed by atoms with E-state index in [2.05, 4.69) is 10.3 Å². The molecule has 0 bridgehead atoms. The first kappa shape index (κ1) is 20.4. The van der Waals surface area contributed by atoms with Crippen molar-refractivity contribution in [2.75, 3.05) is 13.2 Å². The number of amides is 1. The molecule has 1 aromatic carbocycles. The van der Waals surface area contributed by atoms with Crippen molar-refractivity contribution in [1.82, 2.24) is 14.9 Å². The molecule has 1 N–H and O–H groups in total. The van der Waals surface area contributed by atoms with E-state index >= 15 is 0 Å². The van der Waals surface area contributed by atoms with Crippen molar-refractivity contribution in [1.29, 1.82) is 0 Å². The third kappa shape index (κ3) is 3.79. The summed E-state index contributed by atoms with van der Waals surface area (Å²) in [7, 11) is 0. The minimum Gasteiger partial charge on any atom is -0.486 e. The summed E-state index contributed by atoms with van der Waals surface area (Å²) in [4.78, 5) is 31.8. The molecule has 1 aliphatic heterocycles. The van der Waals surface area contributed by atoms with E-state index in [0.717, 1.165) is 16.0 Å². The molecule has 7 nitrogen and oxygen atoms in total. The molecule has 0 saturated carbocycles. The van der Waals surface area contributed by atoms with Gasteiger partial charge in [0.25, 0.3) is 5.56 Å². The van der Waals surface area contributed by atoms with Gasteiger partial charge in [0.2, 0.25) is 5.91 Å². The number of nitrogens with zero attached hydrogens (tertiary/aromatic N) is 2. The number of aryl methyl sites for hydroxylation is 2. The number of ether oxygens (including phenoxy) is 2. The Balaban J connectivity index is 1.56. The van der Waals surface area contributed by atoms with Crippen molar-refractivity contribution < 1.29 is 14.3 Å². The van der Waals surface area contributed by atoms with Gasteiger partial charge in [-0.2, -0.15) is 0 Å². The van der Waals surface area contributed by atoms with Crippen molar-refractivity contribution in [2.45, 2.75) is 40.3 Å². The average Bonchev–Trinajstić information content (AvgIpc) is 3.02. The maximum absolute atomic E-state index is 12.9. The summed E-state index contributed by atoms with van der Waals surface area (Å²) in [5, 5.41) is 3.66. The second kappa shape index (κ2) is 8.10. The van der Waals surface area contributed by atoms with Gasteiger partial charge in [-0.3, -0.25) is 14.2 Å². The van der Waals surface area contributed by atoms with Crippen LogP contribution in [0.25, 0.3) is 10.2 Å². The van der Waals surface area contributed by atoms with Gasteiger partial charge < -0.3 is 14.8 Å². The number of rotatable bonds is 5. The van der Waals surface area contributed by atoms with Crippen LogP contribution >= 0.6 is 11.3 Å². The maximum Gasteiger partial charge on any atom is 0.262 e. The van der Waals surface area contributed by atoms with Crippen LogP contribution < -0.4 is 20.3 Å². The summed E-state index contributed by atoms with van der Waals surface area (Å²) in [6.07, 6.45) is 1.45. The number of hydrogen-bond donors (Lipinski definition) is 1. The Hall–Kier alpha value is -2.87. The van der Waals surface area contributed by atoms with Crippen LogP contribution in [0, 0.1) is 19.8 Å². The first-order valence-corrected chi connectivity index (χ1v) is 10.8. The second-order valence-electron chi connectivity index (χ2n) is 7.83. The van der Waals surface area contributed by atoms with E-state index in [9.17, 15) is 9.59 Å². The second-order valence-corrected chi connectivity index (χ2v) is 9.04. The zero-order chi connectivity index (χ0) is 21.4. The molecule has 158 valence electrons. The molecule has 1 unspecified atom stereocenters. The van der Waals surface area contributed by atoms with Gasteiger partial charge in [-0.15, -0.1) is 11.3 Å². The van der Waals surface area contributed by atoms with Crippen LogP contribution in [0.2, 0.25) is 0 Å². The van der Waals surface area contributed by atoms with Crippen LogP contribution in [-0.2, 0) is 11.3 Å². The summed E-state index contributed by atoms with van der Waals surface area (Å²) in [6, 6.07) is 5.51. The van der Waals surface area contributed by atoms with Crippen molar-refractivity contribution in [3.8, 4) is 11.5 Å². The van der Waals surface area contributed by atoms with E-state index in [1.807, 2.05) is 45.9 Å². The van der Waals surface area contributed by atoms with Gasteiger partial charge in [0.15, 0.2) is 11.5 Å². The predicted octanol–water partition coefficient (Wildman–Crippen LogP) is 3.36. The first-order chi connectivity index (χ1) is 14.3. The van der Waals surface area contributed by atoms with Crippen molar-refractivity contribution in [3.05, 3.63) is 50.9 Å². The van der Waals surface area contributed by atoms with E-state index in [1.165, 1.54) is 22.2 Å². The fourth-order valence-corrected chi connectivity index (χ4v) is 4.63. The fraction of sp³-hybridized carbons (Fsp3) is 0.409. The molecular formula is C22H25N3O4S. The summed E-state index contributed by atoms with van der Waals surface area (Å²) in [5.74, 6) is 1.31. The molecule has 1 aliphatic rings. The van der Waals surface area contributed by atoms with E-state index in [-0.39, 0.29) is 30.0 Å². The third-order valence-electron chi connectivity index (χ3n) is 5.38. The molecule has 0 saturated heterocycles. The number of carbonyl (C=O) groups is 1. The molecule has 2 aromatic heterocycles. The van der Waals surface area contributed by atoms with Gasteiger partial charge in [-0.05, 0) is 43.0 Å². The molecule has 0 radical (unpaired) electrons.